The highest BCUT2D eigenvalue weighted by molar-refractivity contribution is 7.92. The van der Waals surface area contributed by atoms with E-state index in [0.29, 0.717) is 16.9 Å². The van der Waals surface area contributed by atoms with Gasteiger partial charge in [0.25, 0.3) is 10.0 Å². The maximum atomic E-state index is 12.1. The summed E-state index contributed by atoms with van der Waals surface area (Å²) in [5.74, 6) is 0. The summed E-state index contributed by atoms with van der Waals surface area (Å²) in [5, 5.41) is 6.09. The highest BCUT2D eigenvalue weighted by Gasteiger charge is 2.18. The van der Waals surface area contributed by atoms with Crippen molar-refractivity contribution >= 4 is 21.4 Å². The molecule has 0 aliphatic rings. The van der Waals surface area contributed by atoms with Gasteiger partial charge < -0.3 is 5.73 Å². The molecule has 1 aromatic carbocycles. The van der Waals surface area contributed by atoms with Crippen molar-refractivity contribution in [1.82, 2.24) is 10.2 Å². The molecule has 0 saturated carbocycles. The first-order chi connectivity index (χ1) is 8.42. The minimum atomic E-state index is -3.63. The number of aryl methyl sites for hydroxylation is 1. The number of aromatic nitrogens is 2. The Kier molecular flexibility index (Phi) is 3.00. The normalized spacial score (nSPS) is 11.4. The Hall–Kier alpha value is -2.02. The van der Waals surface area contributed by atoms with E-state index in [-0.39, 0.29) is 4.90 Å². The molecule has 1 heterocycles. The molecule has 0 bridgehead atoms. The second-order valence-electron chi connectivity index (χ2n) is 4.01. The maximum Gasteiger partial charge on any atom is 0.265 e. The van der Waals surface area contributed by atoms with Crippen LogP contribution in [-0.4, -0.2) is 18.6 Å². The summed E-state index contributed by atoms with van der Waals surface area (Å²) in [7, 11) is -3.63. The summed E-state index contributed by atoms with van der Waals surface area (Å²) in [4.78, 5) is 0.0868. The number of hydrogen-bond donors (Lipinski definition) is 3. The molecule has 1 aromatic heterocycles. The van der Waals surface area contributed by atoms with Crippen molar-refractivity contribution in [2.24, 2.45) is 0 Å². The third kappa shape index (κ3) is 2.17. The van der Waals surface area contributed by atoms with Gasteiger partial charge in [0, 0.05) is 11.9 Å². The SMILES string of the molecule is Cc1ccc(N)c(C)c1NS(=O)(=O)c1cn[nH]c1. The van der Waals surface area contributed by atoms with E-state index in [9.17, 15) is 8.42 Å². The maximum absolute atomic E-state index is 12.1. The van der Waals surface area contributed by atoms with Gasteiger partial charge in [0.2, 0.25) is 0 Å². The number of sulfonamides is 1. The number of nitrogens with zero attached hydrogens (tertiary/aromatic N) is 1. The van der Waals surface area contributed by atoms with Crippen LogP contribution in [0.1, 0.15) is 11.1 Å². The van der Waals surface area contributed by atoms with Crippen LogP contribution in [0.4, 0.5) is 11.4 Å². The summed E-state index contributed by atoms with van der Waals surface area (Å²) >= 11 is 0. The summed E-state index contributed by atoms with van der Waals surface area (Å²) in [5.41, 5.74) is 8.35. The van der Waals surface area contributed by atoms with E-state index < -0.39 is 10.0 Å². The number of benzene rings is 1. The lowest BCUT2D eigenvalue weighted by Gasteiger charge is -2.13. The third-order valence-electron chi connectivity index (χ3n) is 2.74. The molecule has 0 aliphatic heterocycles. The Balaban J connectivity index is 2.45. The average molecular weight is 266 g/mol. The highest BCUT2D eigenvalue weighted by Crippen LogP contribution is 2.27. The lowest BCUT2D eigenvalue weighted by Crippen LogP contribution is -2.14. The molecule has 0 radical (unpaired) electrons. The summed E-state index contributed by atoms with van der Waals surface area (Å²) in [6.07, 6.45) is 2.57. The minimum Gasteiger partial charge on any atom is -0.398 e. The van der Waals surface area contributed by atoms with Gasteiger partial charge in [-0.15, -0.1) is 0 Å². The van der Waals surface area contributed by atoms with Gasteiger partial charge in [-0.25, -0.2) is 8.42 Å². The van der Waals surface area contributed by atoms with Gasteiger partial charge in [-0.05, 0) is 31.0 Å². The molecule has 0 spiro atoms. The quantitative estimate of drug-likeness (QED) is 0.731. The van der Waals surface area contributed by atoms with Crippen molar-refractivity contribution in [1.29, 1.82) is 0 Å². The molecule has 6 nitrogen and oxygen atoms in total. The Labute approximate surface area is 105 Å². The summed E-state index contributed by atoms with van der Waals surface area (Å²) in [6, 6.07) is 3.52. The zero-order valence-electron chi connectivity index (χ0n) is 10.1. The highest BCUT2D eigenvalue weighted by atomic mass is 32.2. The minimum absolute atomic E-state index is 0.0868. The molecule has 4 N–H and O–H groups in total. The number of aromatic amines is 1. The van der Waals surface area contributed by atoms with Crippen molar-refractivity contribution in [3.05, 3.63) is 35.7 Å². The molecule has 0 aliphatic carbocycles. The second-order valence-corrected chi connectivity index (χ2v) is 5.69. The van der Waals surface area contributed by atoms with E-state index in [2.05, 4.69) is 14.9 Å². The molecule has 0 amide bonds. The molecule has 7 heteroatoms. The number of H-pyrrole nitrogens is 1. The molecular weight excluding hydrogens is 252 g/mol. The Bertz CT molecular complexity index is 663. The zero-order valence-corrected chi connectivity index (χ0v) is 10.9. The molecule has 0 unspecified atom stereocenters. The predicted octanol–water partition coefficient (Wildman–Crippen LogP) is 1.41. The number of anilines is 2. The smallest absolute Gasteiger partial charge is 0.265 e. The second kappa shape index (κ2) is 4.34. The molecule has 0 atom stereocenters. The van der Waals surface area contributed by atoms with Gasteiger partial charge in [-0.1, -0.05) is 6.07 Å². The van der Waals surface area contributed by atoms with Crippen LogP contribution < -0.4 is 10.5 Å². The molecule has 0 fully saturated rings. The van der Waals surface area contributed by atoms with Gasteiger partial charge in [-0.3, -0.25) is 9.82 Å². The molecule has 2 aromatic rings. The van der Waals surface area contributed by atoms with Crippen LogP contribution >= 0.6 is 0 Å². The van der Waals surface area contributed by atoms with Crippen molar-refractivity contribution in [3.63, 3.8) is 0 Å². The largest absolute Gasteiger partial charge is 0.398 e. The van der Waals surface area contributed by atoms with E-state index in [1.165, 1.54) is 12.4 Å². The predicted molar refractivity (Wildman–Crippen MR) is 69.7 cm³/mol. The zero-order chi connectivity index (χ0) is 13.3. The number of nitrogens with one attached hydrogen (secondary N) is 2. The fraction of sp³-hybridized carbons (Fsp3) is 0.182. The van der Waals surface area contributed by atoms with E-state index >= 15 is 0 Å². The number of nitrogen functional groups attached to an aromatic ring is 1. The third-order valence-corrected chi connectivity index (χ3v) is 4.05. The molecule has 0 saturated heterocycles. The van der Waals surface area contributed by atoms with Crippen LogP contribution in [0.5, 0.6) is 0 Å². The van der Waals surface area contributed by atoms with Crippen molar-refractivity contribution in [2.75, 3.05) is 10.5 Å². The lowest BCUT2D eigenvalue weighted by atomic mass is 10.1. The fourth-order valence-corrected chi connectivity index (χ4v) is 2.70. The first-order valence-corrected chi connectivity index (χ1v) is 6.77. The fourth-order valence-electron chi connectivity index (χ4n) is 1.60. The molecule has 18 heavy (non-hydrogen) atoms. The Morgan fingerprint density at radius 3 is 2.67 bits per heavy atom. The van der Waals surface area contributed by atoms with Gasteiger partial charge in [0.05, 0.1) is 11.9 Å². The van der Waals surface area contributed by atoms with Crippen LogP contribution in [0, 0.1) is 13.8 Å². The van der Waals surface area contributed by atoms with E-state index in [4.69, 9.17) is 5.73 Å². The standard InChI is InChI=1S/C11H14N4O2S/c1-7-3-4-10(12)8(2)11(7)15-18(16,17)9-5-13-14-6-9/h3-6,15H,12H2,1-2H3,(H,13,14). The van der Waals surface area contributed by atoms with Crippen LogP contribution in [0.25, 0.3) is 0 Å². The van der Waals surface area contributed by atoms with Crippen LogP contribution in [-0.2, 0) is 10.0 Å². The topological polar surface area (TPSA) is 101 Å². The van der Waals surface area contributed by atoms with E-state index in [1.54, 1.807) is 19.1 Å². The lowest BCUT2D eigenvalue weighted by molar-refractivity contribution is 0.601. The molecular formula is C11H14N4O2S. The van der Waals surface area contributed by atoms with Crippen LogP contribution in [0.3, 0.4) is 0 Å². The monoisotopic (exact) mass is 266 g/mol. The van der Waals surface area contributed by atoms with Crippen molar-refractivity contribution < 1.29 is 8.42 Å². The van der Waals surface area contributed by atoms with Gasteiger partial charge in [-0.2, -0.15) is 5.10 Å². The van der Waals surface area contributed by atoms with Crippen LogP contribution in [0.15, 0.2) is 29.4 Å². The van der Waals surface area contributed by atoms with Crippen LogP contribution in [0.2, 0.25) is 0 Å². The van der Waals surface area contributed by atoms with Gasteiger partial charge in [0.1, 0.15) is 4.90 Å². The van der Waals surface area contributed by atoms with Gasteiger partial charge in [0.15, 0.2) is 0 Å². The summed E-state index contributed by atoms with van der Waals surface area (Å²) < 4.78 is 26.7. The summed E-state index contributed by atoms with van der Waals surface area (Å²) in [6.45, 7) is 3.59. The first-order valence-electron chi connectivity index (χ1n) is 5.29. The van der Waals surface area contributed by atoms with E-state index in [0.717, 1.165) is 5.56 Å². The van der Waals surface area contributed by atoms with E-state index in [1.807, 2.05) is 6.92 Å². The average Bonchev–Trinajstić information content (AvgIpc) is 2.84. The van der Waals surface area contributed by atoms with Crippen molar-refractivity contribution in [3.8, 4) is 0 Å². The Morgan fingerprint density at radius 1 is 1.33 bits per heavy atom. The Morgan fingerprint density at radius 2 is 2.06 bits per heavy atom. The molecule has 96 valence electrons. The van der Waals surface area contributed by atoms with Gasteiger partial charge >= 0.3 is 0 Å². The number of hydrogen-bond acceptors (Lipinski definition) is 4. The number of nitrogens with two attached hydrogens (primary N) is 1. The van der Waals surface area contributed by atoms with Crippen molar-refractivity contribution in [2.45, 2.75) is 18.7 Å². The number of rotatable bonds is 3. The first kappa shape index (κ1) is 12.4. The molecule has 2 rings (SSSR count).